The second-order valence-electron chi connectivity index (χ2n) is 8.34. The minimum Gasteiger partial charge on any atom is -0.497 e. The average molecular weight is 474 g/mol. The number of nitrogens with one attached hydrogen (secondary N) is 1. The van der Waals surface area contributed by atoms with Crippen LogP contribution in [-0.4, -0.2) is 26.7 Å². The van der Waals surface area contributed by atoms with Gasteiger partial charge < -0.3 is 19.2 Å². The highest BCUT2D eigenvalue weighted by Gasteiger charge is 2.19. The molecule has 0 saturated carbocycles. The van der Waals surface area contributed by atoms with Crippen LogP contribution >= 0.6 is 0 Å². The molecule has 0 aliphatic rings. The average Bonchev–Trinajstić information content (AvgIpc) is 3.29. The number of amides is 1. The quantitative estimate of drug-likeness (QED) is 0.304. The molecular weight excluding hydrogens is 445 g/mol. The van der Waals surface area contributed by atoms with Crippen LogP contribution in [0.3, 0.4) is 0 Å². The number of carbonyl (C=O) groups excluding carboxylic acids is 1. The number of halogens is 1. The minimum absolute atomic E-state index is 0.204. The molecule has 3 aromatic carbocycles. The molecule has 1 heterocycles. The summed E-state index contributed by atoms with van der Waals surface area (Å²) in [5.74, 6) is 0.946. The Kier molecular flexibility index (Phi) is 7.20. The highest BCUT2D eigenvalue weighted by molar-refractivity contribution is 6.01. The van der Waals surface area contributed by atoms with Crippen molar-refractivity contribution in [2.75, 3.05) is 20.8 Å². The number of benzene rings is 3. The van der Waals surface area contributed by atoms with Crippen LogP contribution in [0.4, 0.5) is 4.39 Å². The molecule has 0 radical (unpaired) electrons. The number of hydrogen-bond acceptors (Lipinski definition) is 4. The van der Waals surface area contributed by atoms with Crippen LogP contribution in [0.15, 0.2) is 71.4 Å². The lowest BCUT2D eigenvalue weighted by atomic mass is 9.96. The monoisotopic (exact) mass is 473 g/mol. The van der Waals surface area contributed by atoms with Gasteiger partial charge in [-0.1, -0.05) is 24.3 Å². The van der Waals surface area contributed by atoms with Gasteiger partial charge in [0.1, 0.15) is 22.9 Å². The first-order valence-corrected chi connectivity index (χ1v) is 11.4. The number of aryl methyl sites for hydroxylation is 1. The zero-order chi connectivity index (χ0) is 24.9. The Morgan fingerprint density at radius 3 is 2.57 bits per heavy atom. The van der Waals surface area contributed by atoms with Crippen molar-refractivity contribution in [1.29, 1.82) is 0 Å². The standard InChI is InChI=1S/C29H28FNO4/c1-18(14-27(32)31-13-12-20-8-10-22(30)11-9-20)24-16-25-26(21-6-5-7-23(15-21)33-3)17-35-29(25)19(2)28(24)34-4/h5-11,14-17H,12-13H2,1-4H3,(H,31,32)/b18-14+. The van der Waals surface area contributed by atoms with Gasteiger partial charge in [0.2, 0.25) is 5.91 Å². The number of methoxy groups -OCH3 is 2. The van der Waals surface area contributed by atoms with Gasteiger partial charge in [-0.3, -0.25) is 4.79 Å². The van der Waals surface area contributed by atoms with Gasteiger partial charge in [0.05, 0.1) is 20.5 Å². The molecule has 0 fully saturated rings. The van der Waals surface area contributed by atoms with Gasteiger partial charge in [0, 0.05) is 34.7 Å². The molecule has 4 rings (SSSR count). The van der Waals surface area contributed by atoms with E-state index in [4.69, 9.17) is 13.9 Å². The fraction of sp³-hybridized carbons (Fsp3) is 0.207. The van der Waals surface area contributed by atoms with Gasteiger partial charge in [0.25, 0.3) is 0 Å². The number of furan rings is 1. The smallest absolute Gasteiger partial charge is 0.244 e. The second kappa shape index (κ2) is 10.5. The van der Waals surface area contributed by atoms with Crippen LogP contribution in [0.5, 0.6) is 11.5 Å². The fourth-order valence-corrected chi connectivity index (χ4v) is 4.19. The Bertz CT molecular complexity index is 1390. The first kappa shape index (κ1) is 24.1. The summed E-state index contributed by atoms with van der Waals surface area (Å²) < 4.78 is 30.1. The fourth-order valence-electron chi connectivity index (χ4n) is 4.19. The van der Waals surface area contributed by atoms with Crippen LogP contribution in [0.25, 0.3) is 27.7 Å². The number of rotatable bonds is 8. The lowest BCUT2D eigenvalue weighted by Gasteiger charge is -2.13. The van der Waals surface area contributed by atoms with Crippen molar-refractivity contribution in [3.8, 4) is 22.6 Å². The van der Waals surface area contributed by atoms with Crippen LogP contribution in [-0.2, 0) is 11.2 Å². The highest BCUT2D eigenvalue weighted by Crippen LogP contribution is 2.41. The molecule has 1 aromatic heterocycles. The van der Waals surface area contributed by atoms with Gasteiger partial charge in [-0.2, -0.15) is 0 Å². The van der Waals surface area contributed by atoms with E-state index < -0.39 is 0 Å². The molecule has 5 nitrogen and oxygen atoms in total. The molecule has 4 aromatic rings. The van der Waals surface area contributed by atoms with Crippen molar-refractivity contribution in [3.63, 3.8) is 0 Å². The zero-order valence-corrected chi connectivity index (χ0v) is 20.3. The summed E-state index contributed by atoms with van der Waals surface area (Å²) in [4.78, 5) is 12.6. The normalized spacial score (nSPS) is 11.5. The van der Waals surface area contributed by atoms with E-state index in [2.05, 4.69) is 5.32 Å². The van der Waals surface area contributed by atoms with Crippen molar-refractivity contribution in [1.82, 2.24) is 5.32 Å². The molecule has 180 valence electrons. The van der Waals surface area contributed by atoms with Gasteiger partial charge in [-0.25, -0.2) is 4.39 Å². The van der Waals surface area contributed by atoms with Crippen LogP contribution < -0.4 is 14.8 Å². The van der Waals surface area contributed by atoms with E-state index in [9.17, 15) is 9.18 Å². The van der Waals surface area contributed by atoms with Crippen molar-refractivity contribution in [2.24, 2.45) is 0 Å². The van der Waals surface area contributed by atoms with Gasteiger partial charge in [-0.05, 0) is 67.3 Å². The second-order valence-corrected chi connectivity index (χ2v) is 8.34. The molecule has 6 heteroatoms. The molecule has 35 heavy (non-hydrogen) atoms. The Hall–Kier alpha value is -4.06. The van der Waals surface area contributed by atoms with Crippen molar-refractivity contribution in [2.45, 2.75) is 20.3 Å². The van der Waals surface area contributed by atoms with E-state index in [0.29, 0.717) is 18.7 Å². The number of fused-ring (bicyclic) bond motifs is 1. The van der Waals surface area contributed by atoms with E-state index in [-0.39, 0.29) is 11.7 Å². The van der Waals surface area contributed by atoms with Crippen LogP contribution in [0.1, 0.15) is 23.6 Å². The summed E-state index contributed by atoms with van der Waals surface area (Å²) in [5, 5.41) is 3.83. The first-order chi connectivity index (χ1) is 16.9. The Morgan fingerprint density at radius 1 is 1.09 bits per heavy atom. The maximum Gasteiger partial charge on any atom is 0.244 e. The first-order valence-electron chi connectivity index (χ1n) is 11.4. The summed E-state index contributed by atoms with van der Waals surface area (Å²) in [6.45, 7) is 4.28. The molecule has 0 aliphatic heterocycles. The Labute approximate surface area is 204 Å². The van der Waals surface area contributed by atoms with E-state index in [0.717, 1.165) is 50.1 Å². The molecular formula is C29H28FNO4. The summed E-state index contributed by atoms with van der Waals surface area (Å²) in [7, 11) is 3.25. The van der Waals surface area contributed by atoms with Gasteiger partial charge >= 0.3 is 0 Å². The third kappa shape index (κ3) is 5.22. The molecule has 0 unspecified atom stereocenters. The molecule has 1 amide bonds. The highest BCUT2D eigenvalue weighted by atomic mass is 19.1. The van der Waals surface area contributed by atoms with Gasteiger partial charge in [0.15, 0.2) is 0 Å². The lowest BCUT2D eigenvalue weighted by Crippen LogP contribution is -2.23. The third-order valence-corrected chi connectivity index (χ3v) is 6.03. The molecule has 1 N–H and O–H groups in total. The molecule has 0 saturated heterocycles. The maximum absolute atomic E-state index is 13.1. The number of ether oxygens (including phenoxy) is 2. The third-order valence-electron chi connectivity index (χ3n) is 6.03. The summed E-state index contributed by atoms with van der Waals surface area (Å²) >= 11 is 0. The Morgan fingerprint density at radius 2 is 1.86 bits per heavy atom. The Balaban J connectivity index is 1.61. The molecule has 0 aliphatic carbocycles. The predicted molar refractivity (Wildman–Crippen MR) is 136 cm³/mol. The topological polar surface area (TPSA) is 60.7 Å². The summed E-state index contributed by atoms with van der Waals surface area (Å²) in [6.07, 6.45) is 3.92. The summed E-state index contributed by atoms with van der Waals surface area (Å²) in [5.41, 5.74) is 6.04. The summed E-state index contributed by atoms with van der Waals surface area (Å²) in [6, 6.07) is 16.1. The predicted octanol–water partition coefficient (Wildman–Crippen LogP) is 6.33. The van der Waals surface area contributed by atoms with Crippen molar-refractivity contribution >= 4 is 22.4 Å². The van der Waals surface area contributed by atoms with Crippen LogP contribution in [0.2, 0.25) is 0 Å². The lowest BCUT2D eigenvalue weighted by molar-refractivity contribution is -0.116. The molecule has 0 atom stereocenters. The van der Waals surface area contributed by atoms with E-state index in [1.165, 1.54) is 12.1 Å². The van der Waals surface area contributed by atoms with Crippen molar-refractivity contribution < 1.29 is 23.1 Å². The van der Waals surface area contributed by atoms with E-state index >= 15 is 0 Å². The van der Waals surface area contributed by atoms with E-state index in [1.807, 2.05) is 44.2 Å². The zero-order valence-electron chi connectivity index (χ0n) is 20.3. The molecule has 0 spiro atoms. The van der Waals surface area contributed by atoms with E-state index in [1.54, 1.807) is 38.7 Å². The molecule has 0 bridgehead atoms. The van der Waals surface area contributed by atoms with Gasteiger partial charge in [-0.15, -0.1) is 0 Å². The largest absolute Gasteiger partial charge is 0.497 e. The number of allylic oxidation sites excluding steroid dienone is 1. The van der Waals surface area contributed by atoms with Crippen LogP contribution in [0, 0.1) is 12.7 Å². The number of carbonyl (C=O) groups is 1. The minimum atomic E-state index is -0.273. The SMILES string of the molecule is COc1cccc(-c2coc3c(C)c(OC)c(/C(C)=C/C(=O)NCCc4ccc(F)cc4)cc23)c1. The number of hydrogen-bond donors (Lipinski definition) is 1. The maximum atomic E-state index is 13.1. The van der Waals surface area contributed by atoms with Crippen molar-refractivity contribution in [3.05, 3.63) is 89.4 Å².